The lowest BCUT2D eigenvalue weighted by molar-refractivity contribution is -0.151. The van der Waals surface area contributed by atoms with Crippen LogP contribution in [0.15, 0.2) is 70.6 Å². The Hall–Kier alpha value is -2.72. The summed E-state index contributed by atoms with van der Waals surface area (Å²) in [6, 6.07) is 17.1. The van der Waals surface area contributed by atoms with Crippen molar-refractivity contribution in [3.05, 3.63) is 66.2 Å². The highest BCUT2D eigenvalue weighted by Gasteiger charge is 2.75. The van der Waals surface area contributed by atoms with Crippen LogP contribution in [-0.4, -0.2) is 47.6 Å². The molecule has 3 fully saturated rings. The van der Waals surface area contributed by atoms with Gasteiger partial charge in [-0.25, -0.2) is 8.42 Å². The predicted molar refractivity (Wildman–Crippen MR) is 138 cm³/mol. The standard InChI is InChI=1S/C28H32F3N3O3S/c1-25(2)23(22(35)14-9-15-28(29,30)31)32-24(33-25)26-17-27(18-26,19-26)34(16-20-10-5-3-6-11-20)38(36,37)21-12-7-4-8-13-21/h3-8,10-13,23H,9,14-19H2,1-2H3,(H,32,33)/t23-,26?,27?/m0/s1. The molecular formula is C28H32F3N3O3S. The highest BCUT2D eigenvalue weighted by molar-refractivity contribution is 7.89. The number of aliphatic imine (C=N–C) groups is 1. The first kappa shape index (κ1) is 26.9. The van der Waals surface area contributed by atoms with E-state index in [0.717, 1.165) is 5.56 Å². The van der Waals surface area contributed by atoms with E-state index in [0.29, 0.717) is 25.1 Å². The molecular weight excluding hydrogens is 515 g/mol. The largest absolute Gasteiger partial charge is 0.389 e. The number of Topliss-reactive ketones (excluding diaryl/α,β-unsaturated/α-hetero) is 1. The third-order valence-electron chi connectivity index (χ3n) is 8.10. The summed E-state index contributed by atoms with van der Waals surface area (Å²) >= 11 is 0. The summed E-state index contributed by atoms with van der Waals surface area (Å²) in [4.78, 5) is 17.7. The van der Waals surface area contributed by atoms with Crippen LogP contribution in [0, 0.1) is 5.41 Å². The summed E-state index contributed by atoms with van der Waals surface area (Å²) < 4.78 is 66.8. The normalized spacial score (nSPS) is 27.7. The maximum absolute atomic E-state index is 13.8. The van der Waals surface area contributed by atoms with Gasteiger partial charge in [-0.3, -0.25) is 9.79 Å². The number of hydrogen-bond donors (Lipinski definition) is 1. The van der Waals surface area contributed by atoms with Crippen molar-refractivity contribution in [3.8, 4) is 0 Å². The number of nitrogens with one attached hydrogen (secondary N) is 1. The van der Waals surface area contributed by atoms with Gasteiger partial charge >= 0.3 is 6.18 Å². The van der Waals surface area contributed by atoms with Crippen LogP contribution in [0.25, 0.3) is 0 Å². The molecule has 0 saturated heterocycles. The van der Waals surface area contributed by atoms with Gasteiger partial charge in [0.05, 0.1) is 10.4 Å². The first-order valence-electron chi connectivity index (χ1n) is 12.8. The number of nitrogens with zero attached hydrogens (tertiary/aromatic N) is 2. The van der Waals surface area contributed by atoms with Gasteiger partial charge in [0, 0.05) is 30.3 Å². The van der Waals surface area contributed by atoms with Crippen LogP contribution in [-0.2, 0) is 21.4 Å². The van der Waals surface area contributed by atoms with Gasteiger partial charge in [0.2, 0.25) is 10.0 Å². The molecule has 6 nitrogen and oxygen atoms in total. The molecule has 0 radical (unpaired) electrons. The Kier molecular flexibility index (Phi) is 6.50. The van der Waals surface area contributed by atoms with Crippen molar-refractivity contribution < 1.29 is 26.4 Å². The molecule has 4 aliphatic rings. The molecule has 0 unspecified atom stereocenters. The molecule has 6 rings (SSSR count). The van der Waals surface area contributed by atoms with E-state index in [1.165, 1.54) is 0 Å². The van der Waals surface area contributed by atoms with Crippen LogP contribution in [0.4, 0.5) is 13.2 Å². The van der Waals surface area contributed by atoms with Crippen LogP contribution in [0.1, 0.15) is 57.9 Å². The second-order valence-corrected chi connectivity index (χ2v) is 13.4. The van der Waals surface area contributed by atoms with Gasteiger partial charge in [-0.1, -0.05) is 48.5 Å². The number of halogens is 3. The van der Waals surface area contributed by atoms with Crippen molar-refractivity contribution in [1.29, 1.82) is 0 Å². The molecule has 0 amide bonds. The Morgan fingerprint density at radius 1 is 1.03 bits per heavy atom. The van der Waals surface area contributed by atoms with Gasteiger partial charge in [-0.05, 0) is 57.2 Å². The molecule has 1 N–H and O–H groups in total. The number of alkyl halides is 3. The second kappa shape index (κ2) is 9.19. The molecule has 1 heterocycles. The Bertz CT molecular complexity index is 1320. The lowest BCUT2D eigenvalue weighted by Gasteiger charge is -2.73. The highest BCUT2D eigenvalue weighted by atomic mass is 32.2. The van der Waals surface area contributed by atoms with Crippen LogP contribution >= 0.6 is 0 Å². The minimum absolute atomic E-state index is 0.177. The summed E-state index contributed by atoms with van der Waals surface area (Å²) in [5.74, 6) is 0.371. The third kappa shape index (κ3) is 4.77. The summed E-state index contributed by atoms with van der Waals surface area (Å²) in [7, 11) is -3.77. The Labute approximate surface area is 221 Å². The number of ketones is 1. The quantitative estimate of drug-likeness (QED) is 0.441. The van der Waals surface area contributed by atoms with Crippen molar-refractivity contribution >= 4 is 21.6 Å². The van der Waals surface area contributed by atoms with Crippen molar-refractivity contribution in [3.63, 3.8) is 0 Å². The topological polar surface area (TPSA) is 78.8 Å². The number of carbonyl (C=O) groups excluding carboxylic acids is 1. The lowest BCUT2D eigenvalue weighted by atomic mass is 9.38. The molecule has 38 heavy (non-hydrogen) atoms. The summed E-state index contributed by atoms with van der Waals surface area (Å²) in [6.07, 6.45) is -3.97. The molecule has 1 aliphatic heterocycles. The van der Waals surface area contributed by atoms with Gasteiger partial charge in [-0.15, -0.1) is 0 Å². The molecule has 2 bridgehead atoms. The van der Waals surface area contributed by atoms with Crippen LogP contribution < -0.4 is 5.32 Å². The number of benzene rings is 2. The number of amidine groups is 1. The SMILES string of the molecule is CC1(C)NC(C23CC(N(Cc4ccccc4)S(=O)(=O)c4ccccc4)(C2)C3)=N[C@H]1C(=O)CCCC(F)(F)F. The maximum Gasteiger partial charge on any atom is 0.389 e. The number of rotatable bonds is 10. The van der Waals surface area contributed by atoms with Crippen molar-refractivity contribution in [2.75, 3.05) is 0 Å². The van der Waals surface area contributed by atoms with Gasteiger partial charge in [0.15, 0.2) is 5.78 Å². The molecule has 3 aliphatic carbocycles. The minimum Gasteiger partial charge on any atom is -0.366 e. The zero-order valence-electron chi connectivity index (χ0n) is 21.5. The fourth-order valence-electron chi connectivity index (χ4n) is 6.27. The zero-order valence-corrected chi connectivity index (χ0v) is 22.3. The third-order valence-corrected chi connectivity index (χ3v) is 10.1. The number of hydrogen-bond acceptors (Lipinski definition) is 5. The van der Waals surface area contributed by atoms with E-state index in [-0.39, 0.29) is 35.5 Å². The van der Waals surface area contributed by atoms with E-state index in [1.54, 1.807) is 34.6 Å². The maximum atomic E-state index is 13.8. The van der Waals surface area contributed by atoms with Gasteiger partial charge in [-0.2, -0.15) is 17.5 Å². The minimum atomic E-state index is -4.29. The Balaban J connectivity index is 1.34. The lowest BCUT2D eigenvalue weighted by Crippen LogP contribution is -2.78. The predicted octanol–water partition coefficient (Wildman–Crippen LogP) is 5.25. The Morgan fingerprint density at radius 2 is 1.61 bits per heavy atom. The molecule has 0 aromatic heterocycles. The van der Waals surface area contributed by atoms with E-state index in [2.05, 4.69) is 10.3 Å². The van der Waals surface area contributed by atoms with Crippen LogP contribution in [0.2, 0.25) is 0 Å². The van der Waals surface area contributed by atoms with E-state index < -0.39 is 39.7 Å². The molecule has 2 aromatic rings. The van der Waals surface area contributed by atoms with E-state index in [1.807, 2.05) is 44.2 Å². The first-order chi connectivity index (χ1) is 17.8. The molecule has 10 heteroatoms. The molecule has 2 aromatic carbocycles. The van der Waals surface area contributed by atoms with Crippen molar-refractivity contribution in [2.24, 2.45) is 10.4 Å². The number of carbonyl (C=O) groups is 1. The zero-order chi connectivity index (χ0) is 27.4. The molecule has 3 saturated carbocycles. The highest BCUT2D eigenvalue weighted by Crippen LogP contribution is 2.71. The number of sulfonamides is 1. The van der Waals surface area contributed by atoms with Gasteiger partial charge in [0.1, 0.15) is 11.9 Å². The Morgan fingerprint density at radius 3 is 2.18 bits per heavy atom. The van der Waals surface area contributed by atoms with Crippen LogP contribution in [0.5, 0.6) is 0 Å². The summed E-state index contributed by atoms with van der Waals surface area (Å²) in [6.45, 7) is 3.91. The van der Waals surface area contributed by atoms with Crippen molar-refractivity contribution in [2.45, 2.75) is 87.1 Å². The first-order valence-corrected chi connectivity index (χ1v) is 14.3. The smallest absolute Gasteiger partial charge is 0.366 e. The van der Waals surface area contributed by atoms with Gasteiger partial charge < -0.3 is 5.32 Å². The van der Waals surface area contributed by atoms with E-state index in [9.17, 15) is 26.4 Å². The fraction of sp³-hybridized carbons (Fsp3) is 0.500. The van der Waals surface area contributed by atoms with Gasteiger partial charge in [0.25, 0.3) is 0 Å². The fourth-order valence-corrected chi connectivity index (χ4v) is 8.04. The summed E-state index contributed by atoms with van der Waals surface area (Å²) in [5.41, 5.74) is -0.715. The van der Waals surface area contributed by atoms with E-state index in [4.69, 9.17) is 0 Å². The monoisotopic (exact) mass is 547 g/mol. The average Bonchev–Trinajstić information content (AvgIpc) is 3.12. The second-order valence-electron chi connectivity index (χ2n) is 11.5. The van der Waals surface area contributed by atoms with Crippen molar-refractivity contribution in [1.82, 2.24) is 9.62 Å². The van der Waals surface area contributed by atoms with E-state index >= 15 is 0 Å². The molecule has 0 spiro atoms. The average molecular weight is 548 g/mol. The van der Waals surface area contributed by atoms with Crippen LogP contribution in [0.3, 0.4) is 0 Å². The molecule has 204 valence electrons. The summed E-state index contributed by atoms with van der Waals surface area (Å²) in [5, 5.41) is 3.36. The molecule has 1 atom stereocenters.